The zero-order valence-corrected chi connectivity index (χ0v) is 14.6. The first kappa shape index (κ1) is 15.2. The van der Waals surface area contributed by atoms with Crippen LogP contribution < -0.4 is 0 Å². The Bertz CT molecular complexity index is 708. The summed E-state index contributed by atoms with van der Waals surface area (Å²) in [6.07, 6.45) is 0. The lowest BCUT2D eigenvalue weighted by atomic mass is 9.95. The van der Waals surface area contributed by atoms with Gasteiger partial charge in [-0.2, -0.15) is 0 Å². The van der Waals surface area contributed by atoms with Gasteiger partial charge in [0, 0.05) is 0 Å². The molecule has 0 spiro atoms. The van der Waals surface area contributed by atoms with Gasteiger partial charge in [-0.25, -0.2) is 0 Å². The molecule has 0 amide bonds. The Balaban J connectivity index is 2.27. The van der Waals surface area contributed by atoms with E-state index in [1.807, 2.05) is 0 Å². The van der Waals surface area contributed by atoms with Crippen molar-refractivity contribution in [2.45, 2.75) is 0 Å². The van der Waals surface area contributed by atoms with Crippen LogP contribution in [0.15, 0.2) is 91.0 Å². The molecule has 3 aromatic rings. The molecule has 1 unspecified atom stereocenters. The standard InChI is InChI=1S/C20H16BrP/c21-22-20(18-14-8-3-9-15-18)19(16-10-4-1-5-11-16)17-12-6-2-7-13-17/h1-15,22H. The normalized spacial score (nSPS) is 10.8. The van der Waals surface area contributed by atoms with Gasteiger partial charge in [-0.1, -0.05) is 106 Å². The molecule has 0 heterocycles. The van der Waals surface area contributed by atoms with Crippen LogP contribution in [0.3, 0.4) is 0 Å². The van der Waals surface area contributed by atoms with E-state index in [2.05, 4.69) is 106 Å². The van der Waals surface area contributed by atoms with Crippen LogP contribution in [0.5, 0.6) is 0 Å². The average Bonchev–Trinajstić information content (AvgIpc) is 2.62. The fourth-order valence-electron chi connectivity index (χ4n) is 2.52. The molecule has 3 aromatic carbocycles. The van der Waals surface area contributed by atoms with Gasteiger partial charge < -0.3 is 0 Å². The minimum absolute atomic E-state index is 0.550. The van der Waals surface area contributed by atoms with E-state index in [1.54, 1.807) is 0 Å². The first-order valence-electron chi connectivity index (χ1n) is 7.17. The molecule has 22 heavy (non-hydrogen) atoms. The lowest BCUT2D eigenvalue weighted by Gasteiger charge is -2.15. The maximum Gasteiger partial charge on any atom is -0.000436 e. The monoisotopic (exact) mass is 366 g/mol. The Hall–Kier alpha value is -1.69. The second-order valence-electron chi connectivity index (χ2n) is 4.94. The highest BCUT2D eigenvalue weighted by Gasteiger charge is 2.12. The maximum absolute atomic E-state index is 3.72. The topological polar surface area (TPSA) is 0 Å². The molecule has 0 aliphatic heterocycles. The predicted molar refractivity (Wildman–Crippen MR) is 102 cm³/mol. The van der Waals surface area contributed by atoms with E-state index in [-0.39, 0.29) is 0 Å². The summed E-state index contributed by atoms with van der Waals surface area (Å²) in [4.78, 5) is 0. The lowest BCUT2D eigenvalue weighted by Crippen LogP contribution is -1.91. The van der Waals surface area contributed by atoms with E-state index in [9.17, 15) is 0 Å². The Morgan fingerprint density at radius 2 is 0.909 bits per heavy atom. The van der Waals surface area contributed by atoms with Crippen molar-refractivity contribution in [3.63, 3.8) is 0 Å². The Labute approximate surface area is 141 Å². The SMILES string of the molecule is BrPC(=C(c1ccccc1)c1ccccc1)c1ccccc1. The van der Waals surface area contributed by atoms with Crippen LogP contribution in [0.4, 0.5) is 0 Å². The summed E-state index contributed by atoms with van der Waals surface area (Å²) in [6.45, 7) is 0. The molecule has 0 aromatic heterocycles. The largest absolute Gasteiger partial charge is 0.0622 e. The van der Waals surface area contributed by atoms with E-state index in [0.717, 1.165) is 0 Å². The van der Waals surface area contributed by atoms with Crippen LogP contribution in [-0.2, 0) is 0 Å². The molecular formula is C20H16BrP. The van der Waals surface area contributed by atoms with Crippen molar-refractivity contribution in [1.82, 2.24) is 0 Å². The molecule has 0 fully saturated rings. The molecule has 0 bridgehead atoms. The molecule has 0 aliphatic rings. The molecule has 2 heteroatoms. The van der Waals surface area contributed by atoms with E-state index < -0.39 is 0 Å². The Morgan fingerprint density at radius 3 is 1.27 bits per heavy atom. The molecule has 1 atom stereocenters. The quantitative estimate of drug-likeness (QED) is 0.360. The van der Waals surface area contributed by atoms with Gasteiger partial charge in [0.25, 0.3) is 0 Å². The van der Waals surface area contributed by atoms with Gasteiger partial charge in [-0.15, -0.1) is 0 Å². The number of hydrogen-bond acceptors (Lipinski definition) is 0. The van der Waals surface area contributed by atoms with Gasteiger partial charge >= 0.3 is 0 Å². The van der Waals surface area contributed by atoms with Gasteiger partial charge in [-0.3, -0.25) is 0 Å². The minimum atomic E-state index is 0.550. The Morgan fingerprint density at radius 1 is 0.545 bits per heavy atom. The molecule has 0 saturated carbocycles. The number of halogens is 1. The molecule has 0 N–H and O–H groups in total. The minimum Gasteiger partial charge on any atom is -0.0622 e. The third-order valence-corrected chi connectivity index (χ3v) is 5.45. The van der Waals surface area contributed by atoms with Crippen LogP contribution >= 0.6 is 22.8 Å². The third-order valence-electron chi connectivity index (χ3n) is 3.53. The molecule has 108 valence electrons. The molecule has 0 saturated heterocycles. The van der Waals surface area contributed by atoms with Gasteiger partial charge in [-0.05, 0) is 34.9 Å². The van der Waals surface area contributed by atoms with Crippen LogP contribution in [-0.4, -0.2) is 0 Å². The van der Waals surface area contributed by atoms with Gasteiger partial charge in [0.15, 0.2) is 0 Å². The molecule has 0 aliphatic carbocycles. The fourth-order valence-corrected chi connectivity index (χ4v) is 4.46. The highest BCUT2D eigenvalue weighted by molar-refractivity contribution is 9.37. The van der Waals surface area contributed by atoms with Gasteiger partial charge in [0.1, 0.15) is 0 Å². The number of hydrogen-bond donors (Lipinski definition) is 0. The summed E-state index contributed by atoms with van der Waals surface area (Å²) in [6, 6.07) is 31.8. The van der Waals surface area contributed by atoms with E-state index >= 15 is 0 Å². The summed E-state index contributed by atoms with van der Waals surface area (Å²) < 4.78 is 0. The molecular weight excluding hydrogens is 351 g/mol. The second kappa shape index (κ2) is 7.54. The smallest absolute Gasteiger partial charge is 0.000436 e. The van der Waals surface area contributed by atoms with Crippen molar-refractivity contribution in [2.24, 2.45) is 0 Å². The lowest BCUT2D eigenvalue weighted by molar-refractivity contribution is 1.55. The third kappa shape index (κ3) is 3.38. The van der Waals surface area contributed by atoms with Crippen LogP contribution in [0, 0.1) is 0 Å². The zero-order valence-electron chi connectivity index (χ0n) is 12.0. The second-order valence-corrected chi connectivity index (χ2v) is 6.82. The van der Waals surface area contributed by atoms with E-state index in [1.165, 1.54) is 27.6 Å². The first-order valence-corrected chi connectivity index (χ1v) is 10.4. The Kier molecular flexibility index (Phi) is 5.21. The predicted octanol–water partition coefficient (Wildman–Crippen LogP) is 6.59. The molecule has 0 radical (unpaired) electrons. The summed E-state index contributed by atoms with van der Waals surface area (Å²) in [5.41, 5.74) is 5.06. The van der Waals surface area contributed by atoms with E-state index in [4.69, 9.17) is 0 Å². The van der Waals surface area contributed by atoms with Gasteiger partial charge in [0.2, 0.25) is 0 Å². The number of rotatable bonds is 4. The highest BCUT2D eigenvalue weighted by atomic mass is 79.9. The summed E-state index contributed by atoms with van der Waals surface area (Å²) in [5.74, 6) is 0. The van der Waals surface area contributed by atoms with Crippen molar-refractivity contribution in [2.75, 3.05) is 0 Å². The average molecular weight is 367 g/mol. The number of benzene rings is 3. The molecule has 0 nitrogen and oxygen atoms in total. The zero-order chi connectivity index (χ0) is 15.2. The first-order chi connectivity index (χ1) is 10.9. The van der Waals surface area contributed by atoms with Gasteiger partial charge in [0.05, 0.1) is 0 Å². The van der Waals surface area contributed by atoms with Crippen LogP contribution in [0.2, 0.25) is 0 Å². The molecule has 3 rings (SSSR count). The summed E-state index contributed by atoms with van der Waals surface area (Å²) in [5, 5.41) is 1.33. The van der Waals surface area contributed by atoms with Crippen LogP contribution in [0.1, 0.15) is 16.7 Å². The van der Waals surface area contributed by atoms with Crippen LogP contribution in [0.25, 0.3) is 10.9 Å². The van der Waals surface area contributed by atoms with Crippen molar-refractivity contribution in [1.29, 1.82) is 0 Å². The summed E-state index contributed by atoms with van der Waals surface area (Å²) in [7, 11) is 0.550. The van der Waals surface area contributed by atoms with E-state index in [0.29, 0.717) is 7.28 Å². The maximum atomic E-state index is 3.72. The van der Waals surface area contributed by atoms with Crippen molar-refractivity contribution in [3.05, 3.63) is 108 Å². The van der Waals surface area contributed by atoms with Crippen molar-refractivity contribution in [3.8, 4) is 0 Å². The van der Waals surface area contributed by atoms with Crippen molar-refractivity contribution >= 4 is 33.7 Å². The summed E-state index contributed by atoms with van der Waals surface area (Å²) >= 11 is 3.72. The highest BCUT2D eigenvalue weighted by Crippen LogP contribution is 2.46. The van der Waals surface area contributed by atoms with Crippen molar-refractivity contribution < 1.29 is 0 Å². The fraction of sp³-hybridized carbons (Fsp3) is 0.